The number of benzene rings is 1. The maximum Gasteiger partial charge on any atom is 0.315 e. The second kappa shape index (κ2) is 7.91. The summed E-state index contributed by atoms with van der Waals surface area (Å²) < 4.78 is 0. The third-order valence-electron chi connectivity index (χ3n) is 6.88. The molecule has 0 radical (unpaired) electrons. The molecule has 1 saturated heterocycles. The van der Waals surface area contributed by atoms with Crippen molar-refractivity contribution < 1.29 is 9.59 Å². The van der Waals surface area contributed by atoms with Crippen molar-refractivity contribution in [1.29, 1.82) is 0 Å². The van der Waals surface area contributed by atoms with Crippen LogP contribution in [0.1, 0.15) is 57.1 Å². The van der Waals surface area contributed by atoms with Crippen LogP contribution in [0.3, 0.4) is 0 Å². The van der Waals surface area contributed by atoms with Gasteiger partial charge in [0, 0.05) is 25.6 Å². The van der Waals surface area contributed by atoms with Crippen LogP contribution in [0.4, 0.5) is 4.79 Å². The molecule has 5 atom stereocenters. The zero-order valence-corrected chi connectivity index (χ0v) is 16.2. The molecular formula is C22H31N3O2. The summed E-state index contributed by atoms with van der Waals surface area (Å²) >= 11 is 0. The molecule has 0 spiro atoms. The topological polar surface area (TPSA) is 61.4 Å². The average Bonchev–Trinajstić information content (AvgIpc) is 3.39. The van der Waals surface area contributed by atoms with Crippen LogP contribution in [-0.2, 0) is 4.79 Å². The summed E-state index contributed by atoms with van der Waals surface area (Å²) in [5.41, 5.74) is 1.04. The molecule has 0 unspecified atom stereocenters. The minimum atomic E-state index is -0.180. The predicted molar refractivity (Wildman–Crippen MR) is 105 cm³/mol. The molecule has 1 aromatic rings. The number of hydrogen-bond donors (Lipinski definition) is 2. The van der Waals surface area contributed by atoms with Crippen molar-refractivity contribution in [2.45, 2.75) is 57.5 Å². The van der Waals surface area contributed by atoms with Gasteiger partial charge in [-0.1, -0.05) is 36.8 Å². The lowest BCUT2D eigenvalue weighted by Crippen LogP contribution is -2.48. The number of carbonyl (C=O) groups excluding carboxylic acids is 2. The highest BCUT2D eigenvalue weighted by atomic mass is 16.2. The van der Waals surface area contributed by atoms with E-state index in [9.17, 15) is 9.59 Å². The summed E-state index contributed by atoms with van der Waals surface area (Å²) in [4.78, 5) is 26.7. The fourth-order valence-corrected chi connectivity index (χ4v) is 5.46. The van der Waals surface area contributed by atoms with Crippen LogP contribution in [0.5, 0.6) is 0 Å². The van der Waals surface area contributed by atoms with E-state index < -0.39 is 0 Å². The Morgan fingerprint density at radius 1 is 1.19 bits per heavy atom. The first-order chi connectivity index (χ1) is 13.1. The Balaban J connectivity index is 1.38. The van der Waals surface area contributed by atoms with E-state index in [-0.39, 0.29) is 24.0 Å². The van der Waals surface area contributed by atoms with Gasteiger partial charge in [0.2, 0.25) is 5.91 Å². The molecule has 2 N–H and O–H groups in total. The van der Waals surface area contributed by atoms with Gasteiger partial charge in [-0.15, -0.1) is 0 Å². The largest absolute Gasteiger partial charge is 0.340 e. The Morgan fingerprint density at radius 3 is 2.63 bits per heavy atom. The van der Waals surface area contributed by atoms with Gasteiger partial charge in [-0.3, -0.25) is 4.79 Å². The van der Waals surface area contributed by atoms with E-state index in [1.807, 2.05) is 35.2 Å². The molecule has 1 aliphatic heterocycles. The Labute approximate surface area is 161 Å². The monoisotopic (exact) mass is 369 g/mol. The first kappa shape index (κ1) is 18.3. The molecule has 27 heavy (non-hydrogen) atoms. The number of urea groups is 1. The molecular weight excluding hydrogens is 338 g/mol. The fraction of sp³-hybridized carbons (Fsp3) is 0.636. The van der Waals surface area contributed by atoms with E-state index in [0.29, 0.717) is 18.9 Å². The van der Waals surface area contributed by atoms with Gasteiger partial charge in [0.15, 0.2) is 0 Å². The van der Waals surface area contributed by atoms with E-state index in [1.165, 1.54) is 25.7 Å². The standard InChI is InChI=1S/C22H31N3O2/c1-15(19-13-16-9-10-18(19)12-16)23-22(27)24-20(17-6-3-2-4-7-17)14-25-11-5-8-21(25)26/h2-4,6-7,15-16,18-20H,5,8-14H2,1H3,(H2,23,24,27)/t15-,16-,18-,19+,20+/m0/s1. The van der Waals surface area contributed by atoms with Crippen LogP contribution in [0.2, 0.25) is 0 Å². The van der Waals surface area contributed by atoms with Gasteiger partial charge in [0.1, 0.15) is 0 Å². The van der Waals surface area contributed by atoms with Gasteiger partial charge in [0.25, 0.3) is 0 Å². The van der Waals surface area contributed by atoms with Gasteiger partial charge >= 0.3 is 6.03 Å². The number of fused-ring (bicyclic) bond motifs is 2. The highest BCUT2D eigenvalue weighted by Gasteiger charge is 2.42. The smallest absolute Gasteiger partial charge is 0.315 e. The quantitative estimate of drug-likeness (QED) is 0.806. The minimum absolute atomic E-state index is 0.120. The van der Waals surface area contributed by atoms with Crippen LogP contribution in [-0.4, -0.2) is 36.0 Å². The summed E-state index contributed by atoms with van der Waals surface area (Å²) in [5.74, 6) is 2.47. The van der Waals surface area contributed by atoms with Gasteiger partial charge in [-0.2, -0.15) is 0 Å². The Bertz CT molecular complexity index is 677. The highest BCUT2D eigenvalue weighted by Crippen LogP contribution is 2.49. The molecule has 2 saturated carbocycles. The van der Waals surface area contributed by atoms with Crippen molar-refractivity contribution in [2.24, 2.45) is 17.8 Å². The van der Waals surface area contributed by atoms with Crippen molar-refractivity contribution in [3.05, 3.63) is 35.9 Å². The summed E-state index contributed by atoms with van der Waals surface area (Å²) in [7, 11) is 0. The van der Waals surface area contributed by atoms with E-state index in [4.69, 9.17) is 0 Å². The number of nitrogens with zero attached hydrogens (tertiary/aromatic N) is 1. The molecule has 0 aromatic heterocycles. The Hall–Kier alpha value is -2.04. The molecule has 2 bridgehead atoms. The first-order valence-electron chi connectivity index (χ1n) is 10.5. The summed E-state index contributed by atoms with van der Waals surface area (Å²) in [5, 5.41) is 6.32. The molecule has 2 aliphatic carbocycles. The van der Waals surface area contributed by atoms with Crippen molar-refractivity contribution in [2.75, 3.05) is 13.1 Å². The van der Waals surface area contributed by atoms with Crippen LogP contribution >= 0.6 is 0 Å². The normalized spacial score (nSPS) is 29.0. The maximum absolute atomic E-state index is 12.7. The summed E-state index contributed by atoms with van der Waals surface area (Å²) in [6.45, 7) is 3.47. The van der Waals surface area contributed by atoms with E-state index in [1.54, 1.807) is 0 Å². The number of carbonyl (C=O) groups is 2. The second-order valence-corrected chi connectivity index (χ2v) is 8.65. The SMILES string of the molecule is C[C@H](NC(=O)N[C@H](CN1CCCC1=O)c1ccccc1)[C@H]1C[C@H]2CC[C@H]1C2. The van der Waals surface area contributed by atoms with E-state index in [2.05, 4.69) is 17.6 Å². The molecule has 3 fully saturated rings. The number of likely N-dealkylation sites (tertiary alicyclic amines) is 1. The number of amides is 3. The third kappa shape index (κ3) is 4.12. The lowest BCUT2D eigenvalue weighted by Gasteiger charge is -2.30. The Kier molecular flexibility index (Phi) is 5.37. The molecule has 1 heterocycles. The van der Waals surface area contributed by atoms with Gasteiger partial charge in [-0.05, 0) is 55.9 Å². The molecule has 1 aromatic carbocycles. The number of nitrogens with one attached hydrogen (secondary N) is 2. The maximum atomic E-state index is 12.7. The van der Waals surface area contributed by atoms with Gasteiger partial charge < -0.3 is 15.5 Å². The van der Waals surface area contributed by atoms with Crippen LogP contribution < -0.4 is 10.6 Å². The van der Waals surface area contributed by atoms with E-state index >= 15 is 0 Å². The van der Waals surface area contributed by atoms with Crippen LogP contribution in [0.25, 0.3) is 0 Å². The average molecular weight is 370 g/mol. The van der Waals surface area contributed by atoms with Crippen molar-refractivity contribution in [3.8, 4) is 0 Å². The fourth-order valence-electron chi connectivity index (χ4n) is 5.46. The number of rotatable bonds is 6. The zero-order valence-electron chi connectivity index (χ0n) is 16.2. The summed E-state index contributed by atoms with van der Waals surface area (Å²) in [6.07, 6.45) is 6.84. The predicted octanol–water partition coefficient (Wildman–Crippen LogP) is 3.47. The van der Waals surface area contributed by atoms with Gasteiger partial charge in [0.05, 0.1) is 6.04 Å². The molecule has 5 heteroatoms. The van der Waals surface area contributed by atoms with Crippen molar-refractivity contribution in [1.82, 2.24) is 15.5 Å². The molecule has 4 rings (SSSR count). The highest BCUT2D eigenvalue weighted by molar-refractivity contribution is 5.78. The molecule has 146 valence electrons. The number of hydrogen-bond acceptors (Lipinski definition) is 2. The van der Waals surface area contributed by atoms with Gasteiger partial charge in [-0.25, -0.2) is 4.79 Å². The minimum Gasteiger partial charge on any atom is -0.340 e. The molecule has 3 amide bonds. The first-order valence-corrected chi connectivity index (χ1v) is 10.5. The lowest BCUT2D eigenvalue weighted by molar-refractivity contribution is -0.128. The van der Waals surface area contributed by atoms with Crippen LogP contribution in [0, 0.1) is 17.8 Å². The second-order valence-electron chi connectivity index (χ2n) is 8.65. The van der Waals surface area contributed by atoms with Crippen LogP contribution in [0.15, 0.2) is 30.3 Å². The van der Waals surface area contributed by atoms with Crippen molar-refractivity contribution >= 4 is 11.9 Å². The van der Waals surface area contributed by atoms with Crippen molar-refractivity contribution in [3.63, 3.8) is 0 Å². The summed E-state index contributed by atoms with van der Waals surface area (Å²) in [6, 6.07) is 9.86. The van der Waals surface area contributed by atoms with E-state index in [0.717, 1.165) is 30.4 Å². The lowest BCUT2D eigenvalue weighted by atomic mass is 9.84. The zero-order chi connectivity index (χ0) is 18.8. The molecule has 5 nitrogen and oxygen atoms in total. The Morgan fingerprint density at radius 2 is 2.00 bits per heavy atom. The third-order valence-corrected chi connectivity index (χ3v) is 6.88. The molecule has 3 aliphatic rings.